The number of benzene rings is 1. The van der Waals surface area contributed by atoms with Crippen molar-refractivity contribution < 1.29 is 5.11 Å². The number of anilines is 1. The van der Waals surface area contributed by atoms with Gasteiger partial charge >= 0.3 is 0 Å². The van der Waals surface area contributed by atoms with Crippen molar-refractivity contribution in [1.82, 2.24) is 19.7 Å². The molecule has 1 spiro atoms. The van der Waals surface area contributed by atoms with Gasteiger partial charge in [0.1, 0.15) is 12.1 Å². The van der Waals surface area contributed by atoms with E-state index in [4.69, 9.17) is 6.57 Å². The lowest BCUT2D eigenvalue weighted by Gasteiger charge is -2.32. The van der Waals surface area contributed by atoms with Gasteiger partial charge in [0, 0.05) is 41.9 Å². The van der Waals surface area contributed by atoms with Gasteiger partial charge in [0.25, 0.3) is 5.54 Å². The van der Waals surface area contributed by atoms with Gasteiger partial charge in [0.2, 0.25) is 0 Å². The standard InChI is InChI=1S/C25H28N6O/c1-16-19(23(2,3)32)7-10-30(16)21-12-22(28-15-27-21)31-20-11-18(6-5-17(20)13-29-31)25(26-4)14-24(25)8-9-24/h5-6,11-13,15-16,19,32H,7-10,14H2,1-3H3/t16-,19+,25+/m0/s1. The minimum atomic E-state index is -0.723. The molecule has 1 N–H and O–H groups in total. The van der Waals surface area contributed by atoms with Crippen molar-refractivity contribution in [3.8, 4) is 5.82 Å². The largest absolute Gasteiger partial charge is 0.390 e. The quantitative estimate of drug-likeness (QED) is 0.634. The molecule has 6 rings (SSSR count). The van der Waals surface area contributed by atoms with Crippen molar-refractivity contribution in [1.29, 1.82) is 0 Å². The predicted octanol–water partition coefficient (Wildman–Crippen LogP) is 4.10. The summed E-state index contributed by atoms with van der Waals surface area (Å²) in [6.07, 6.45) is 7.69. The lowest BCUT2D eigenvalue weighted by Crippen LogP contribution is -2.40. The molecule has 2 aromatic heterocycles. The van der Waals surface area contributed by atoms with Gasteiger partial charge in [-0.1, -0.05) is 12.1 Å². The highest BCUT2D eigenvalue weighted by Gasteiger charge is 2.82. The molecule has 0 unspecified atom stereocenters. The second-order valence-corrected chi connectivity index (χ2v) is 10.5. The molecule has 164 valence electrons. The molecular formula is C25H28N6O. The maximum absolute atomic E-state index is 10.5. The average Bonchev–Trinajstić information content (AvgIpc) is 3.57. The minimum absolute atomic E-state index is 0.182. The third-order valence-electron chi connectivity index (χ3n) is 8.25. The molecule has 7 heteroatoms. The fourth-order valence-corrected chi connectivity index (χ4v) is 6.09. The fraction of sp³-hybridized carbons (Fsp3) is 0.520. The summed E-state index contributed by atoms with van der Waals surface area (Å²) < 4.78 is 1.86. The molecule has 3 atom stereocenters. The summed E-state index contributed by atoms with van der Waals surface area (Å²) in [5, 5.41) is 16.2. The van der Waals surface area contributed by atoms with Crippen LogP contribution in [-0.2, 0) is 5.54 Å². The Balaban J connectivity index is 1.37. The highest BCUT2D eigenvalue weighted by atomic mass is 16.3. The van der Waals surface area contributed by atoms with Gasteiger partial charge in [-0.15, -0.1) is 0 Å². The van der Waals surface area contributed by atoms with Gasteiger partial charge < -0.3 is 14.9 Å². The van der Waals surface area contributed by atoms with Gasteiger partial charge in [-0.3, -0.25) is 0 Å². The van der Waals surface area contributed by atoms with Crippen LogP contribution in [0.2, 0.25) is 0 Å². The molecule has 0 bridgehead atoms. The van der Waals surface area contributed by atoms with E-state index in [2.05, 4.69) is 49.9 Å². The topological polar surface area (TPSA) is 71.4 Å². The lowest BCUT2D eigenvalue weighted by molar-refractivity contribution is 0.0156. The maximum atomic E-state index is 10.5. The lowest BCUT2D eigenvalue weighted by atomic mass is 9.85. The van der Waals surface area contributed by atoms with Crippen LogP contribution in [-0.4, -0.2) is 43.0 Å². The van der Waals surface area contributed by atoms with Crippen molar-refractivity contribution in [2.24, 2.45) is 11.3 Å². The SMILES string of the molecule is [C-]#[N+][C@@]1(c2ccc3cnn(-c4cc(N5CC[C@@H](C(C)(C)O)[C@@H]5C)ncn4)c3c2)CC12CC2. The van der Waals surface area contributed by atoms with Crippen molar-refractivity contribution in [2.75, 3.05) is 11.4 Å². The number of hydrogen-bond donors (Lipinski definition) is 1. The highest BCUT2D eigenvalue weighted by molar-refractivity contribution is 5.81. The zero-order chi connectivity index (χ0) is 22.3. The smallest absolute Gasteiger partial charge is 0.264 e. The van der Waals surface area contributed by atoms with Crippen molar-refractivity contribution >= 4 is 16.7 Å². The van der Waals surface area contributed by atoms with Crippen LogP contribution in [0.5, 0.6) is 0 Å². The Bertz CT molecular complexity index is 1260. The van der Waals surface area contributed by atoms with Gasteiger partial charge in [-0.2, -0.15) is 5.10 Å². The van der Waals surface area contributed by atoms with Crippen LogP contribution in [0.1, 0.15) is 52.0 Å². The molecule has 0 amide bonds. The van der Waals surface area contributed by atoms with Gasteiger partial charge in [-0.05, 0) is 46.1 Å². The summed E-state index contributed by atoms with van der Waals surface area (Å²) in [5.41, 5.74) is 1.25. The van der Waals surface area contributed by atoms with E-state index in [-0.39, 0.29) is 22.9 Å². The van der Waals surface area contributed by atoms with Crippen molar-refractivity contribution in [3.05, 3.63) is 53.8 Å². The van der Waals surface area contributed by atoms with E-state index in [1.807, 2.05) is 30.8 Å². The Morgan fingerprint density at radius 1 is 1.19 bits per heavy atom. The number of rotatable bonds is 4. The van der Waals surface area contributed by atoms with E-state index in [1.54, 1.807) is 6.33 Å². The fourth-order valence-electron chi connectivity index (χ4n) is 6.09. The summed E-state index contributed by atoms with van der Waals surface area (Å²) in [4.78, 5) is 15.4. The molecular weight excluding hydrogens is 400 g/mol. The number of aromatic nitrogens is 4. The Morgan fingerprint density at radius 2 is 1.97 bits per heavy atom. The molecule has 1 aliphatic heterocycles. The highest BCUT2D eigenvalue weighted by Crippen LogP contribution is 2.79. The summed E-state index contributed by atoms with van der Waals surface area (Å²) in [5.74, 6) is 1.76. The molecule has 2 saturated carbocycles. The van der Waals surface area contributed by atoms with Crippen LogP contribution in [0, 0.1) is 17.9 Å². The van der Waals surface area contributed by atoms with E-state index in [0.29, 0.717) is 0 Å². The van der Waals surface area contributed by atoms with Gasteiger partial charge in [-0.25, -0.2) is 21.2 Å². The molecule has 2 aliphatic carbocycles. The first-order valence-corrected chi connectivity index (χ1v) is 11.5. The number of fused-ring (bicyclic) bond motifs is 1. The van der Waals surface area contributed by atoms with Gasteiger partial charge in [0.05, 0.1) is 22.7 Å². The van der Waals surface area contributed by atoms with Crippen molar-refractivity contribution in [3.63, 3.8) is 0 Å². The molecule has 3 aromatic rings. The van der Waals surface area contributed by atoms with E-state index in [9.17, 15) is 5.11 Å². The van der Waals surface area contributed by atoms with E-state index in [0.717, 1.165) is 47.5 Å². The Labute approximate surface area is 187 Å². The van der Waals surface area contributed by atoms with Crippen molar-refractivity contribution in [2.45, 2.75) is 63.6 Å². The van der Waals surface area contributed by atoms with Gasteiger partial charge in [0.15, 0.2) is 5.82 Å². The van der Waals surface area contributed by atoms with E-state index < -0.39 is 5.60 Å². The summed E-state index contributed by atoms with van der Waals surface area (Å²) in [6, 6.07) is 8.48. The third kappa shape index (κ3) is 2.65. The van der Waals surface area contributed by atoms with Crippen LogP contribution in [0.15, 0.2) is 36.8 Å². The monoisotopic (exact) mass is 428 g/mol. The second-order valence-electron chi connectivity index (χ2n) is 10.5. The molecule has 0 radical (unpaired) electrons. The first kappa shape index (κ1) is 19.7. The summed E-state index contributed by atoms with van der Waals surface area (Å²) in [7, 11) is 0. The van der Waals surface area contributed by atoms with E-state index >= 15 is 0 Å². The van der Waals surface area contributed by atoms with Crippen LogP contribution in [0.25, 0.3) is 21.6 Å². The first-order valence-electron chi connectivity index (χ1n) is 11.5. The molecule has 7 nitrogen and oxygen atoms in total. The van der Waals surface area contributed by atoms with Crippen LogP contribution >= 0.6 is 0 Å². The summed E-state index contributed by atoms with van der Waals surface area (Å²) >= 11 is 0. The number of hydrogen-bond acceptors (Lipinski definition) is 5. The normalized spacial score (nSPS) is 28.3. The van der Waals surface area contributed by atoms with E-state index in [1.165, 1.54) is 12.8 Å². The Kier molecular flexibility index (Phi) is 3.87. The molecule has 1 saturated heterocycles. The number of aliphatic hydroxyl groups is 1. The predicted molar refractivity (Wildman–Crippen MR) is 122 cm³/mol. The zero-order valence-corrected chi connectivity index (χ0v) is 18.8. The second kappa shape index (κ2) is 6.29. The minimum Gasteiger partial charge on any atom is -0.390 e. The molecule has 3 aliphatic rings. The maximum Gasteiger partial charge on any atom is 0.264 e. The third-order valence-corrected chi connectivity index (χ3v) is 8.25. The molecule has 3 fully saturated rings. The summed E-state index contributed by atoms with van der Waals surface area (Å²) in [6.45, 7) is 14.6. The van der Waals surface area contributed by atoms with Crippen LogP contribution < -0.4 is 4.90 Å². The molecule has 32 heavy (non-hydrogen) atoms. The van der Waals surface area contributed by atoms with Crippen LogP contribution in [0.3, 0.4) is 0 Å². The molecule has 1 aromatic carbocycles. The average molecular weight is 429 g/mol. The van der Waals surface area contributed by atoms with Crippen LogP contribution in [0.4, 0.5) is 5.82 Å². The Morgan fingerprint density at radius 3 is 2.62 bits per heavy atom. The zero-order valence-electron chi connectivity index (χ0n) is 18.8. The Hall–Kier alpha value is -2.98. The number of nitrogens with zero attached hydrogens (tertiary/aromatic N) is 6. The first-order chi connectivity index (χ1) is 15.3. The molecule has 3 heterocycles.